The number of nitrogens with two attached hydrogens (primary N) is 1. The molecule has 102 valence electrons. The van der Waals surface area contributed by atoms with Crippen LogP contribution in [0, 0.1) is 0 Å². The van der Waals surface area contributed by atoms with E-state index in [1.165, 1.54) is 0 Å². The standard InChI is InChI=1S/C12H6Br3N3OS/c13-5-1-7(10(16)8(15)2-5)12-17-11(18-19-12)9-3-6(14)4-20-9/h1-4H,16H2. The number of nitrogen functional groups attached to an aromatic ring is 1. The van der Waals surface area contributed by atoms with Crippen molar-refractivity contribution in [2.75, 3.05) is 5.73 Å². The van der Waals surface area contributed by atoms with Crippen LogP contribution in [-0.4, -0.2) is 10.1 Å². The number of hydrogen-bond donors (Lipinski definition) is 1. The highest BCUT2D eigenvalue weighted by atomic mass is 79.9. The molecule has 1 aromatic carbocycles. The first kappa shape index (κ1) is 14.2. The van der Waals surface area contributed by atoms with Gasteiger partial charge in [0.05, 0.1) is 16.1 Å². The van der Waals surface area contributed by atoms with Gasteiger partial charge in [-0.25, -0.2) is 0 Å². The van der Waals surface area contributed by atoms with E-state index in [1.807, 2.05) is 23.6 Å². The fourth-order valence-electron chi connectivity index (χ4n) is 1.62. The molecule has 20 heavy (non-hydrogen) atoms. The van der Waals surface area contributed by atoms with Gasteiger partial charge in [-0.15, -0.1) is 11.3 Å². The second-order valence-corrected chi connectivity index (χ2v) is 7.50. The number of halogens is 3. The Hall–Kier alpha value is -0.700. The van der Waals surface area contributed by atoms with Crippen molar-refractivity contribution in [3.05, 3.63) is 37.0 Å². The number of hydrogen-bond acceptors (Lipinski definition) is 5. The molecule has 8 heteroatoms. The molecule has 4 nitrogen and oxygen atoms in total. The summed E-state index contributed by atoms with van der Waals surface area (Å²) < 4.78 is 7.97. The Morgan fingerprint density at radius 1 is 1.10 bits per heavy atom. The summed E-state index contributed by atoms with van der Waals surface area (Å²) in [4.78, 5) is 5.33. The summed E-state index contributed by atoms with van der Waals surface area (Å²) in [7, 11) is 0. The summed E-state index contributed by atoms with van der Waals surface area (Å²) in [6.07, 6.45) is 0. The minimum absolute atomic E-state index is 0.393. The van der Waals surface area contributed by atoms with E-state index >= 15 is 0 Å². The topological polar surface area (TPSA) is 64.9 Å². The lowest BCUT2D eigenvalue weighted by molar-refractivity contribution is 0.432. The molecule has 0 aliphatic carbocycles. The molecule has 0 saturated heterocycles. The van der Waals surface area contributed by atoms with Crippen LogP contribution >= 0.6 is 59.1 Å². The van der Waals surface area contributed by atoms with Gasteiger partial charge in [0.2, 0.25) is 5.82 Å². The Kier molecular flexibility index (Phi) is 3.98. The Balaban J connectivity index is 2.06. The first-order valence-corrected chi connectivity index (χ1v) is 8.63. The molecule has 3 rings (SSSR count). The second kappa shape index (κ2) is 5.59. The van der Waals surface area contributed by atoms with Gasteiger partial charge >= 0.3 is 0 Å². The van der Waals surface area contributed by atoms with E-state index in [0.717, 1.165) is 18.3 Å². The predicted molar refractivity (Wildman–Crippen MR) is 90.6 cm³/mol. The molecule has 0 aliphatic heterocycles. The third-order valence-electron chi connectivity index (χ3n) is 2.54. The molecule has 2 aromatic heterocycles. The van der Waals surface area contributed by atoms with E-state index in [0.29, 0.717) is 23.0 Å². The minimum atomic E-state index is 0.393. The summed E-state index contributed by atoms with van der Waals surface area (Å²) >= 11 is 11.8. The molecule has 0 unspecified atom stereocenters. The first-order chi connectivity index (χ1) is 9.54. The molecule has 0 bridgehead atoms. The van der Waals surface area contributed by atoms with E-state index in [2.05, 4.69) is 57.9 Å². The zero-order chi connectivity index (χ0) is 14.3. The van der Waals surface area contributed by atoms with Crippen molar-refractivity contribution >= 4 is 64.8 Å². The van der Waals surface area contributed by atoms with Crippen LogP contribution in [0.2, 0.25) is 0 Å². The molecule has 0 fully saturated rings. The van der Waals surface area contributed by atoms with Gasteiger partial charge < -0.3 is 10.3 Å². The summed E-state index contributed by atoms with van der Waals surface area (Å²) in [5, 5.41) is 5.96. The van der Waals surface area contributed by atoms with Crippen LogP contribution in [0.4, 0.5) is 5.69 Å². The van der Waals surface area contributed by atoms with Crippen molar-refractivity contribution in [2.24, 2.45) is 0 Å². The van der Waals surface area contributed by atoms with E-state index in [-0.39, 0.29) is 0 Å². The number of anilines is 1. The van der Waals surface area contributed by atoms with Gasteiger partial charge in [-0.3, -0.25) is 0 Å². The van der Waals surface area contributed by atoms with Gasteiger partial charge in [-0.05, 0) is 50.1 Å². The molecular formula is C12H6Br3N3OS. The number of nitrogens with zero attached hydrogens (tertiary/aromatic N) is 2. The Bertz CT molecular complexity index is 784. The van der Waals surface area contributed by atoms with Crippen LogP contribution < -0.4 is 5.73 Å². The Labute approximate surface area is 143 Å². The molecule has 2 heterocycles. The van der Waals surface area contributed by atoms with Gasteiger partial charge in [0.1, 0.15) is 0 Å². The molecule has 2 N–H and O–H groups in total. The second-order valence-electron chi connectivity index (χ2n) is 3.90. The van der Waals surface area contributed by atoms with Gasteiger partial charge in [-0.2, -0.15) is 4.98 Å². The quantitative estimate of drug-likeness (QED) is 0.504. The van der Waals surface area contributed by atoms with Crippen LogP contribution in [0.15, 0.2) is 41.5 Å². The highest BCUT2D eigenvalue weighted by Gasteiger charge is 2.16. The molecule has 0 radical (unpaired) electrons. The maximum absolute atomic E-state index is 6.04. The van der Waals surface area contributed by atoms with E-state index in [4.69, 9.17) is 10.3 Å². The maximum Gasteiger partial charge on any atom is 0.260 e. The summed E-state index contributed by atoms with van der Waals surface area (Å²) in [6.45, 7) is 0. The summed E-state index contributed by atoms with van der Waals surface area (Å²) in [5.41, 5.74) is 7.30. The highest BCUT2D eigenvalue weighted by molar-refractivity contribution is 9.11. The lowest BCUT2D eigenvalue weighted by Crippen LogP contribution is -1.92. The number of aromatic nitrogens is 2. The molecule has 0 atom stereocenters. The number of rotatable bonds is 2. The monoisotopic (exact) mass is 477 g/mol. The average molecular weight is 480 g/mol. The van der Waals surface area contributed by atoms with Crippen molar-refractivity contribution in [1.82, 2.24) is 10.1 Å². The fraction of sp³-hybridized carbons (Fsp3) is 0. The Morgan fingerprint density at radius 3 is 2.60 bits per heavy atom. The molecule has 0 saturated carbocycles. The SMILES string of the molecule is Nc1c(Br)cc(Br)cc1-c1nc(-c2cc(Br)cs2)no1. The largest absolute Gasteiger partial charge is 0.397 e. The van der Waals surface area contributed by atoms with Crippen LogP contribution in [0.3, 0.4) is 0 Å². The maximum atomic E-state index is 6.04. The van der Waals surface area contributed by atoms with E-state index in [9.17, 15) is 0 Å². The highest BCUT2D eigenvalue weighted by Crippen LogP contribution is 2.36. The summed E-state index contributed by atoms with van der Waals surface area (Å²) in [5.74, 6) is 0.940. The third kappa shape index (κ3) is 2.69. The Morgan fingerprint density at radius 2 is 1.90 bits per heavy atom. The van der Waals surface area contributed by atoms with Gasteiger partial charge in [-0.1, -0.05) is 21.1 Å². The van der Waals surface area contributed by atoms with Gasteiger partial charge in [0, 0.05) is 18.8 Å². The van der Waals surface area contributed by atoms with Crippen molar-refractivity contribution in [2.45, 2.75) is 0 Å². The average Bonchev–Trinajstić information content (AvgIpc) is 3.02. The normalized spacial score (nSPS) is 10.9. The van der Waals surface area contributed by atoms with Crippen molar-refractivity contribution < 1.29 is 4.52 Å². The molecule has 0 spiro atoms. The van der Waals surface area contributed by atoms with E-state index in [1.54, 1.807) is 11.3 Å². The minimum Gasteiger partial charge on any atom is -0.397 e. The van der Waals surface area contributed by atoms with Crippen molar-refractivity contribution in [3.8, 4) is 22.2 Å². The lowest BCUT2D eigenvalue weighted by atomic mass is 10.2. The molecule has 3 aromatic rings. The lowest BCUT2D eigenvalue weighted by Gasteiger charge is -2.04. The van der Waals surface area contributed by atoms with Crippen LogP contribution in [0.1, 0.15) is 0 Å². The van der Waals surface area contributed by atoms with Gasteiger partial charge in [0.25, 0.3) is 5.89 Å². The number of benzene rings is 1. The molecule has 0 amide bonds. The molecule has 0 aliphatic rings. The van der Waals surface area contributed by atoms with Crippen molar-refractivity contribution in [1.29, 1.82) is 0 Å². The van der Waals surface area contributed by atoms with Crippen LogP contribution in [0.5, 0.6) is 0 Å². The molecular weight excluding hydrogens is 474 g/mol. The van der Waals surface area contributed by atoms with Gasteiger partial charge in [0.15, 0.2) is 0 Å². The first-order valence-electron chi connectivity index (χ1n) is 5.37. The predicted octanol–water partition coefficient (Wildman–Crippen LogP) is 5.33. The van der Waals surface area contributed by atoms with E-state index < -0.39 is 0 Å². The number of thiophene rings is 1. The van der Waals surface area contributed by atoms with Crippen LogP contribution in [-0.2, 0) is 0 Å². The third-order valence-corrected chi connectivity index (χ3v) is 5.34. The zero-order valence-corrected chi connectivity index (χ0v) is 15.3. The van der Waals surface area contributed by atoms with Crippen molar-refractivity contribution in [3.63, 3.8) is 0 Å². The zero-order valence-electron chi connectivity index (χ0n) is 9.73. The van der Waals surface area contributed by atoms with Crippen LogP contribution in [0.25, 0.3) is 22.2 Å². The summed E-state index contributed by atoms with van der Waals surface area (Å²) in [6, 6.07) is 5.66. The fourth-order valence-corrected chi connectivity index (χ4v) is 4.20. The smallest absolute Gasteiger partial charge is 0.260 e.